The summed E-state index contributed by atoms with van der Waals surface area (Å²) in [7, 11) is 0. The summed E-state index contributed by atoms with van der Waals surface area (Å²) in [5.41, 5.74) is 1.41. The first-order chi connectivity index (χ1) is 14.7. The van der Waals surface area contributed by atoms with Crippen molar-refractivity contribution in [1.82, 2.24) is 0 Å². The van der Waals surface area contributed by atoms with Gasteiger partial charge in [0.15, 0.2) is 0 Å². The first-order valence-electron chi connectivity index (χ1n) is 11.5. The van der Waals surface area contributed by atoms with Gasteiger partial charge in [-0.15, -0.1) is 0 Å². The highest BCUT2D eigenvalue weighted by Gasteiger charge is 2.12. The van der Waals surface area contributed by atoms with E-state index in [0.717, 1.165) is 31.2 Å². The Balaban J connectivity index is 1.91. The van der Waals surface area contributed by atoms with Crippen molar-refractivity contribution >= 4 is 12.1 Å². The molecule has 0 fully saturated rings. The second-order valence-electron chi connectivity index (χ2n) is 7.56. The van der Waals surface area contributed by atoms with Crippen molar-refractivity contribution < 1.29 is 29.1 Å². The number of ether oxygens (including phenoxy) is 1. The second-order valence-corrected chi connectivity index (χ2v) is 7.56. The van der Waals surface area contributed by atoms with Crippen molar-refractivity contribution in [3.8, 4) is 0 Å². The normalized spacial score (nSPS) is 10.6. The van der Waals surface area contributed by atoms with Crippen molar-refractivity contribution in [2.75, 3.05) is 6.61 Å². The molecule has 0 aliphatic heterocycles. The topological polar surface area (TPSA) is 71.1 Å². The molecule has 1 rings (SSSR count). The minimum atomic E-state index is -1.02. The zero-order valence-electron chi connectivity index (χ0n) is 18.7. The molecule has 1 aromatic carbocycles. The maximum Gasteiger partial charge on any atom is 0.543 e. The predicted octanol–water partition coefficient (Wildman–Crippen LogP) is 7.11. The summed E-state index contributed by atoms with van der Waals surface area (Å²) in [5, 5.41) is 4.21. The van der Waals surface area contributed by atoms with Gasteiger partial charge in [0.05, 0.1) is 17.2 Å². The third kappa shape index (κ3) is 13.2. The van der Waals surface area contributed by atoms with E-state index in [-0.39, 0.29) is 6.61 Å². The first kappa shape index (κ1) is 26.0. The van der Waals surface area contributed by atoms with Gasteiger partial charge in [-0.05, 0) is 30.5 Å². The minimum absolute atomic E-state index is 0.256. The number of aryl methyl sites for hydroxylation is 1. The van der Waals surface area contributed by atoms with Gasteiger partial charge in [-0.2, -0.15) is 0 Å². The number of rotatable bonds is 17. The van der Waals surface area contributed by atoms with Gasteiger partial charge in [0.25, 0.3) is 0 Å². The van der Waals surface area contributed by atoms with Crippen LogP contribution in [0.5, 0.6) is 0 Å². The van der Waals surface area contributed by atoms with Crippen LogP contribution in [0.2, 0.25) is 0 Å². The number of hydrogen-bond donors (Lipinski definition) is 0. The van der Waals surface area contributed by atoms with Crippen molar-refractivity contribution in [2.24, 2.45) is 0 Å². The summed E-state index contributed by atoms with van der Waals surface area (Å²) in [6, 6.07) is 6.88. The Morgan fingerprint density at radius 2 is 1.23 bits per heavy atom. The molecule has 0 spiro atoms. The summed E-state index contributed by atoms with van der Waals surface area (Å²) >= 11 is 0. The Labute approximate surface area is 181 Å². The Hall–Kier alpha value is -2.08. The van der Waals surface area contributed by atoms with Gasteiger partial charge in [0.2, 0.25) is 0 Å². The fourth-order valence-electron chi connectivity index (χ4n) is 3.12. The molecule has 1 aromatic rings. The zero-order valence-corrected chi connectivity index (χ0v) is 18.7. The lowest BCUT2D eigenvalue weighted by Gasteiger charge is -2.05. The van der Waals surface area contributed by atoms with Gasteiger partial charge >= 0.3 is 12.1 Å². The highest BCUT2D eigenvalue weighted by atomic mass is 17.5. The summed E-state index contributed by atoms with van der Waals surface area (Å²) in [5.74, 6) is -0.744. The zero-order chi connectivity index (χ0) is 21.9. The van der Waals surface area contributed by atoms with E-state index in [1.165, 1.54) is 57.8 Å². The average Bonchev–Trinajstić information content (AvgIpc) is 2.77. The van der Waals surface area contributed by atoms with Crippen LogP contribution in [0, 0.1) is 0 Å². The van der Waals surface area contributed by atoms with Crippen LogP contribution in [0.1, 0.15) is 107 Å². The molecule has 170 valence electrons. The highest BCUT2D eigenvalue weighted by Crippen LogP contribution is 2.12. The number of carbonyl (C=O) groups excluding carboxylic acids is 2. The van der Waals surface area contributed by atoms with Crippen LogP contribution >= 0.6 is 0 Å². The van der Waals surface area contributed by atoms with E-state index in [2.05, 4.69) is 21.7 Å². The molecule has 6 heteroatoms. The average molecular weight is 423 g/mol. The van der Waals surface area contributed by atoms with Gasteiger partial charge in [0.1, 0.15) is 0 Å². The van der Waals surface area contributed by atoms with Crippen LogP contribution in [0.3, 0.4) is 0 Å². The number of benzene rings is 1. The molecule has 0 N–H and O–H groups in total. The van der Waals surface area contributed by atoms with E-state index in [9.17, 15) is 9.59 Å². The molecule has 30 heavy (non-hydrogen) atoms. The molecule has 0 radical (unpaired) electrons. The monoisotopic (exact) mass is 422 g/mol. The number of unbranched alkanes of at least 4 members (excludes halogenated alkanes) is 11. The highest BCUT2D eigenvalue weighted by molar-refractivity contribution is 5.88. The van der Waals surface area contributed by atoms with Crippen LogP contribution < -0.4 is 0 Å². The van der Waals surface area contributed by atoms with Crippen molar-refractivity contribution in [3.05, 3.63) is 35.4 Å². The van der Waals surface area contributed by atoms with E-state index >= 15 is 0 Å². The molecule has 0 bridgehead atoms. The van der Waals surface area contributed by atoms with E-state index in [4.69, 9.17) is 4.74 Å². The quantitative estimate of drug-likeness (QED) is 0.115. The minimum Gasteiger partial charge on any atom is -0.432 e. The van der Waals surface area contributed by atoms with Crippen molar-refractivity contribution in [3.63, 3.8) is 0 Å². The van der Waals surface area contributed by atoms with E-state index < -0.39 is 12.1 Å². The summed E-state index contributed by atoms with van der Waals surface area (Å²) < 4.78 is 4.87. The van der Waals surface area contributed by atoms with Gasteiger partial charge in [-0.25, -0.2) is 14.5 Å². The molecular weight excluding hydrogens is 384 g/mol. The summed E-state index contributed by atoms with van der Waals surface area (Å²) in [6.07, 6.45) is 14.7. The molecule has 0 aliphatic rings. The molecule has 0 aromatic heterocycles. The van der Waals surface area contributed by atoms with Gasteiger partial charge in [0, 0.05) is 0 Å². The fraction of sp³-hybridized carbons (Fsp3) is 0.667. The van der Waals surface area contributed by atoms with Crippen LogP contribution in [0.25, 0.3) is 0 Å². The Bertz CT molecular complexity index is 570. The smallest absolute Gasteiger partial charge is 0.432 e. The van der Waals surface area contributed by atoms with Crippen molar-refractivity contribution in [2.45, 2.75) is 97.3 Å². The Morgan fingerprint density at radius 1 is 0.700 bits per heavy atom. The van der Waals surface area contributed by atoms with Gasteiger partial charge < -0.3 is 4.74 Å². The molecule has 0 unspecified atom stereocenters. The number of carbonyl (C=O) groups is 2. The van der Waals surface area contributed by atoms with Crippen LogP contribution in [0.15, 0.2) is 24.3 Å². The lowest BCUT2D eigenvalue weighted by Crippen LogP contribution is -2.12. The molecule has 0 aliphatic carbocycles. The summed E-state index contributed by atoms with van der Waals surface area (Å²) in [4.78, 5) is 31.8. The van der Waals surface area contributed by atoms with E-state index in [1.54, 1.807) is 12.1 Å². The van der Waals surface area contributed by atoms with Gasteiger partial charge in [-0.1, -0.05) is 96.6 Å². The van der Waals surface area contributed by atoms with Crippen LogP contribution in [-0.4, -0.2) is 18.7 Å². The predicted molar refractivity (Wildman–Crippen MR) is 116 cm³/mol. The third-order valence-corrected chi connectivity index (χ3v) is 5.03. The second kappa shape index (κ2) is 17.8. The summed E-state index contributed by atoms with van der Waals surface area (Å²) in [6.45, 7) is 4.52. The van der Waals surface area contributed by atoms with E-state index in [1.807, 2.05) is 19.1 Å². The Kier molecular flexibility index (Phi) is 15.4. The first-order valence-corrected chi connectivity index (χ1v) is 11.5. The third-order valence-electron chi connectivity index (χ3n) is 5.03. The van der Waals surface area contributed by atoms with Crippen LogP contribution in [0.4, 0.5) is 4.79 Å². The Morgan fingerprint density at radius 3 is 1.77 bits per heavy atom. The molecule has 0 saturated heterocycles. The SMILES string of the molecule is CCCCCCCCCCCCCCOC(=O)OOOC(=O)c1ccc(CC)cc1. The lowest BCUT2D eigenvalue weighted by atomic mass is 10.1. The van der Waals surface area contributed by atoms with Crippen molar-refractivity contribution in [1.29, 1.82) is 0 Å². The largest absolute Gasteiger partial charge is 0.543 e. The van der Waals surface area contributed by atoms with E-state index in [0.29, 0.717) is 5.56 Å². The van der Waals surface area contributed by atoms with Crippen LogP contribution in [-0.2, 0) is 26.0 Å². The molecule has 6 nitrogen and oxygen atoms in total. The molecule has 0 amide bonds. The molecule has 0 atom stereocenters. The van der Waals surface area contributed by atoms with Gasteiger partial charge in [-0.3, -0.25) is 4.89 Å². The standard InChI is InChI=1S/C24H38O6/c1-3-5-6-7-8-9-10-11-12-13-14-15-20-27-24(26)29-30-28-23(25)22-18-16-21(4-2)17-19-22/h16-19H,3-15,20H2,1-2H3. The maximum absolute atomic E-state index is 11.7. The lowest BCUT2D eigenvalue weighted by molar-refractivity contribution is -0.452. The maximum atomic E-state index is 11.7. The fourth-order valence-corrected chi connectivity index (χ4v) is 3.12. The molecule has 0 saturated carbocycles. The molecular formula is C24H38O6. The number of hydrogen-bond acceptors (Lipinski definition) is 6. The molecule has 0 heterocycles.